The first-order valence-corrected chi connectivity index (χ1v) is 9.08. The Balaban J connectivity index is 1.94. The smallest absolute Gasteiger partial charge is 0.340 e. The van der Waals surface area contributed by atoms with Gasteiger partial charge in [0, 0.05) is 11.5 Å². The van der Waals surface area contributed by atoms with E-state index in [0.717, 1.165) is 22.0 Å². The van der Waals surface area contributed by atoms with Crippen molar-refractivity contribution in [2.75, 3.05) is 11.9 Å². The lowest BCUT2D eigenvalue weighted by molar-refractivity contribution is -0.116. The van der Waals surface area contributed by atoms with Gasteiger partial charge in [-0.2, -0.15) is 0 Å². The summed E-state index contributed by atoms with van der Waals surface area (Å²) in [6.45, 7) is 5.59. The Bertz CT molecular complexity index is 1120. The van der Waals surface area contributed by atoms with Crippen molar-refractivity contribution in [3.63, 3.8) is 0 Å². The average molecular weight is 378 g/mol. The van der Waals surface area contributed by atoms with Crippen molar-refractivity contribution in [1.29, 1.82) is 0 Å². The Morgan fingerprint density at radius 3 is 2.54 bits per heavy atom. The highest BCUT2D eigenvalue weighted by molar-refractivity contribution is 6.01. The maximum Gasteiger partial charge on any atom is 0.340 e. The van der Waals surface area contributed by atoms with Crippen molar-refractivity contribution in [3.05, 3.63) is 75.6 Å². The number of benzene rings is 2. The molecule has 0 radical (unpaired) electrons. The lowest BCUT2D eigenvalue weighted by atomic mass is 10.1. The van der Waals surface area contributed by atoms with E-state index in [1.807, 2.05) is 32.0 Å². The number of fused-ring (bicyclic) bond motifs is 1. The van der Waals surface area contributed by atoms with Crippen LogP contribution in [0.3, 0.4) is 0 Å². The second kappa shape index (κ2) is 8.08. The molecule has 6 heteroatoms. The fourth-order valence-electron chi connectivity index (χ4n) is 3.26. The maximum absolute atomic E-state index is 12.7. The Morgan fingerprint density at radius 2 is 1.79 bits per heavy atom. The Morgan fingerprint density at radius 1 is 1.04 bits per heavy atom. The molecule has 0 aliphatic rings. The fourth-order valence-corrected chi connectivity index (χ4v) is 3.26. The molecule has 0 saturated heterocycles. The number of nitrogens with zero attached hydrogens (tertiary/aromatic N) is 1. The quantitative estimate of drug-likeness (QED) is 0.690. The number of nitrogens with one attached hydrogen (secondary N) is 1. The van der Waals surface area contributed by atoms with Gasteiger partial charge in [0.1, 0.15) is 6.54 Å². The highest BCUT2D eigenvalue weighted by Gasteiger charge is 2.16. The average Bonchev–Trinajstić information content (AvgIpc) is 2.66. The van der Waals surface area contributed by atoms with Crippen LogP contribution < -0.4 is 10.9 Å². The van der Waals surface area contributed by atoms with Gasteiger partial charge in [-0.05, 0) is 44.0 Å². The molecule has 0 atom stereocenters. The van der Waals surface area contributed by atoms with E-state index in [1.165, 1.54) is 10.6 Å². The topological polar surface area (TPSA) is 77.4 Å². The van der Waals surface area contributed by atoms with E-state index in [-0.39, 0.29) is 24.3 Å². The van der Waals surface area contributed by atoms with Gasteiger partial charge in [-0.25, -0.2) is 4.79 Å². The van der Waals surface area contributed by atoms with Crippen molar-refractivity contribution in [1.82, 2.24) is 4.57 Å². The zero-order valence-electron chi connectivity index (χ0n) is 16.1. The van der Waals surface area contributed by atoms with E-state index in [1.54, 1.807) is 31.2 Å². The van der Waals surface area contributed by atoms with E-state index in [0.29, 0.717) is 5.69 Å². The molecule has 1 N–H and O–H groups in total. The van der Waals surface area contributed by atoms with Crippen LogP contribution in [0.4, 0.5) is 5.69 Å². The van der Waals surface area contributed by atoms with Crippen molar-refractivity contribution in [2.45, 2.75) is 27.3 Å². The Hall–Kier alpha value is -3.41. The number of ether oxygens (including phenoxy) is 1. The normalized spacial score (nSPS) is 10.7. The molecule has 0 fully saturated rings. The zero-order valence-corrected chi connectivity index (χ0v) is 16.1. The number of pyridine rings is 1. The van der Waals surface area contributed by atoms with Gasteiger partial charge >= 0.3 is 5.97 Å². The van der Waals surface area contributed by atoms with E-state index >= 15 is 0 Å². The standard InChI is InChI=1S/C22H22N2O4/c1-4-28-22(27)17-9-5-6-11-18(17)23-19(25)13-24-20(26)12-15(3)16-10-7-8-14(2)21(16)24/h5-12H,4,13H2,1-3H3,(H,23,25). The molecule has 0 aliphatic heterocycles. The first kappa shape index (κ1) is 19.4. The highest BCUT2D eigenvalue weighted by Crippen LogP contribution is 2.21. The molecule has 0 saturated carbocycles. The van der Waals surface area contributed by atoms with Crippen molar-refractivity contribution < 1.29 is 14.3 Å². The van der Waals surface area contributed by atoms with Gasteiger partial charge < -0.3 is 10.1 Å². The number of hydrogen-bond acceptors (Lipinski definition) is 4. The molecule has 0 unspecified atom stereocenters. The van der Waals surface area contributed by atoms with Crippen LogP contribution >= 0.6 is 0 Å². The molecule has 28 heavy (non-hydrogen) atoms. The van der Waals surface area contributed by atoms with Crippen LogP contribution in [0.1, 0.15) is 28.4 Å². The SMILES string of the molecule is CCOC(=O)c1ccccc1NC(=O)Cn1c(=O)cc(C)c2cccc(C)c21. The van der Waals surface area contributed by atoms with Gasteiger partial charge in [0.15, 0.2) is 0 Å². The molecule has 6 nitrogen and oxygen atoms in total. The van der Waals surface area contributed by atoms with Crippen molar-refractivity contribution in [3.8, 4) is 0 Å². The predicted molar refractivity (Wildman–Crippen MR) is 109 cm³/mol. The molecule has 144 valence electrons. The zero-order chi connectivity index (χ0) is 20.3. The first-order chi connectivity index (χ1) is 13.4. The number of amides is 1. The Labute approximate surface area is 162 Å². The van der Waals surface area contributed by atoms with Crippen LogP contribution in [-0.4, -0.2) is 23.1 Å². The van der Waals surface area contributed by atoms with E-state index in [9.17, 15) is 14.4 Å². The van der Waals surface area contributed by atoms with E-state index < -0.39 is 11.9 Å². The van der Waals surface area contributed by atoms with Crippen LogP contribution in [0.25, 0.3) is 10.9 Å². The van der Waals surface area contributed by atoms with Crippen molar-refractivity contribution >= 4 is 28.5 Å². The third-order valence-corrected chi connectivity index (χ3v) is 4.54. The van der Waals surface area contributed by atoms with Gasteiger partial charge in [-0.3, -0.25) is 14.2 Å². The molecule has 0 aliphatic carbocycles. The predicted octanol–water partition coefficient (Wildman–Crippen LogP) is 3.43. The lowest BCUT2D eigenvalue weighted by Crippen LogP contribution is -2.28. The van der Waals surface area contributed by atoms with Crippen LogP contribution in [0.15, 0.2) is 53.3 Å². The maximum atomic E-state index is 12.7. The van der Waals surface area contributed by atoms with Crippen LogP contribution in [0.5, 0.6) is 0 Å². The number of aromatic nitrogens is 1. The number of carbonyl (C=O) groups excluding carboxylic acids is 2. The second-order valence-electron chi connectivity index (χ2n) is 6.54. The lowest BCUT2D eigenvalue weighted by Gasteiger charge is -2.15. The summed E-state index contributed by atoms with van der Waals surface area (Å²) in [7, 11) is 0. The molecule has 0 spiro atoms. The molecule has 2 aromatic carbocycles. The third kappa shape index (κ3) is 3.81. The minimum absolute atomic E-state index is 0.155. The number of rotatable bonds is 5. The number of anilines is 1. The summed E-state index contributed by atoms with van der Waals surface area (Å²) in [5.41, 5.74) is 2.91. The largest absolute Gasteiger partial charge is 0.462 e. The summed E-state index contributed by atoms with van der Waals surface area (Å²) in [6, 6.07) is 13.9. The Kier molecular flexibility index (Phi) is 5.59. The number of aryl methyl sites for hydroxylation is 2. The van der Waals surface area contributed by atoms with Gasteiger partial charge in [0.25, 0.3) is 5.56 Å². The summed E-state index contributed by atoms with van der Waals surface area (Å²) in [4.78, 5) is 37.3. The molecule has 1 aromatic heterocycles. The highest BCUT2D eigenvalue weighted by atomic mass is 16.5. The first-order valence-electron chi connectivity index (χ1n) is 9.08. The number of hydrogen-bond donors (Lipinski definition) is 1. The van der Waals surface area contributed by atoms with Crippen LogP contribution in [0.2, 0.25) is 0 Å². The van der Waals surface area contributed by atoms with Crippen LogP contribution in [-0.2, 0) is 16.1 Å². The summed E-state index contributed by atoms with van der Waals surface area (Å²) in [5, 5.41) is 3.65. The second-order valence-corrected chi connectivity index (χ2v) is 6.54. The number of esters is 1. The van der Waals surface area contributed by atoms with E-state index in [2.05, 4.69) is 5.32 Å². The van der Waals surface area contributed by atoms with Crippen LogP contribution in [0, 0.1) is 13.8 Å². The minimum atomic E-state index is -0.507. The summed E-state index contributed by atoms with van der Waals surface area (Å²) < 4.78 is 6.49. The molecule has 3 aromatic rings. The molecule has 1 amide bonds. The molecular formula is C22H22N2O4. The molecule has 0 bridgehead atoms. The van der Waals surface area contributed by atoms with E-state index in [4.69, 9.17) is 4.74 Å². The number of para-hydroxylation sites is 2. The summed E-state index contributed by atoms with van der Waals surface area (Å²) in [5.74, 6) is -0.903. The monoisotopic (exact) mass is 378 g/mol. The van der Waals surface area contributed by atoms with Gasteiger partial charge in [-0.1, -0.05) is 30.3 Å². The molecule has 3 rings (SSSR count). The summed E-state index contributed by atoms with van der Waals surface area (Å²) >= 11 is 0. The molecule has 1 heterocycles. The fraction of sp³-hybridized carbons (Fsp3) is 0.227. The van der Waals surface area contributed by atoms with Gasteiger partial charge in [-0.15, -0.1) is 0 Å². The summed E-state index contributed by atoms with van der Waals surface area (Å²) in [6.07, 6.45) is 0. The van der Waals surface area contributed by atoms with Crippen molar-refractivity contribution in [2.24, 2.45) is 0 Å². The third-order valence-electron chi connectivity index (χ3n) is 4.54. The minimum Gasteiger partial charge on any atom is -0.462 e. The van der Waals surface area contributed by atoms with Gasteiger partial charge in [0.05, 0.1) is 23.4 Å². The molecular weight excluding hydrogens is 356 g/mol. The number of carbonyl (C=O) groups is 2. The van der Waals surface area contributed by atoms with Gasteiger partial charge in [0.2, 0.25) is 5.91 Å².